The standard InChI is InChI=1S/C14H25N3O/c1-5-18-7-6-17(4)14-11(2)8-13(10-16-14)9-12(3)15/h8,10,12H,5-7,9,15H2,1-4H3. The minimum absolute atomic E-state index is 0.174. The number of hydrogen-bond acceptors (Lipinski definition) is 4. The molecule has 1 rings (SSSR count). The largest absolute Gasteiger partial charge is 0.380 e. The van der Waals surface area contributed by atoms with Crippen molar-refractivity contribution in [2.24, 2.45) is 5.73 Å². The van der Waals surface area contributed by atoms with Crippen LogP contribution in [0.25, 0.3) is 0 Å². The monoisotopic (exact) mass is 251 g/mol. The lowest BCUT2D eigenvalue weighted by Gasteiger charge is -2.20. The summed E-state index contributed by atoms with van der Waals surface area (Å²) in [7, 11) is 2.04. The van der Waals surface area contributed by atoms with Gasteiger partial charge in [0.2, 0.25) is 0 Å². The molecule has 0 aliphatic rings. The first-order chi connectivity index (χ1) is 8.54. The number of ether oxygens (including phenoxy) is 1. The molecule has 0 saturated carbocycles. The maximum absolute atomic E-state index is 5.80. The Morgan fingerprint density at radius 1 is 1.50 bits per heavy atom. The number of likely N-dealkylation sites (N-methyl/N-ethyl adjacent to an activating group) is 1. The van der Waals surface area contributed by atoms with Gasteiger partial charge in [-0.15, -0.1) is 0 Å². The second-order valence-corrected chi connectivity index (χ2v) is 4.78. The van der Waals surface area contributed by atoms with Crippen molar-refractivity contribution in [3.8, 4) is 0 Å². The quantitative estimate of drug-likeness (QED) is 0.750. The van der Waals surface area contributed by atoms with Gasteiger partial charge in [0.1, 0.15) is 5.82 Å². The zero-order valence-electron chi connectivity index (χ0n) is 11.9. The third-order valence-electron chi connectivity index (χ3n) is 2.80. The minimum Gasteiger partial charge on any atom is -0.380 e. The number of anilines is 1. The summed E-state index contributed by atoms with van der Waals surface area (Å²) in [6, 6.07) is 2.34. The van der Waals surface area contributed by atoms with Gasteiger partial charge in [-0.1, -0.05) is 6.07 Å². The first kappa shape index (κ1) is 14.9. The molecule has 1 aromatic rings. The summed E-state index contributed by atoms with van der Waals surface area (Å²) < 4.78 is 5.36. The van der Waals surface area contributed by atoms with Crippen LogP contribution < -0.4 is 10.6 Å². The van der Waals surface area contributed by atoms with Crippen LogP contribution in [0.5, 0.6) is 0 Å². The van der Waals surface area contributed by atoms with Crippen LogP contribution in [-0.2, 0) is 11.2 Å². The van der Waals surface area contributed by atoms with Crippen molar-refractivity contribution in [2.75, 3.05) is 31.7 Å². The summed E-state index contributed by atoms with van der Waals surface area (Å²) in [5.41, 5.74) is 8.18. The van der Waals surface area contributed by atoms with Crippen LogP contribution in [0.2, 0.25) is 0 Å². The molecule has 0 aliphatic carbocycles. The van der Waals surface area contributed by atoms with Gasteiger partial charge in [0.05, 0.1) is 6.61 Å². The van der Waals surface area contributed by atoms with Crippen molar-refractivity contribution >= 4 is 5.82 Å². The van der Waals surface area contributed by atoms with E-state index in [-0.39, 0.29) is 6.04 Å². The number of hydrogen-bond donors (Lipinski definition) is 1. The van der Waals surface area contributed by atoms with Crippen molar-refractivity contribution in [1.29, 1.82) is 0 Å². The second kappa shape index (κ2) is 7.34. The van der Waals surface area contributed by atoms with Crippen molar-refractivity contribution in [2.45, 2.75) is 33.2 Å². The zero-order valence-corrected chi connectivity index (χ0v) is 11.9. The number of nitrogens with zero attached hydrogens (tertiary/aromatic N) is 2. The van der Waals surface area contributed by atoms with Crippen LogP contribution in [-0.4, -0.2) is 37.8 Å². The molecule has 1 atom stereocenters. The molecule has 1 unspecified atom stereocenters. The maximum Gasteiger partial charge on any atom is 0.131 e. The molecule has 1 aromatic heterocycles. The highest BCUT2D eigenvalue weighted by Crippen LogP contribution is 2.17. The summed E-state index contributed by atoms with van der Waals surface area (Å²) in [6.45, 7) is 8.45. The topological polar surface area (TPSA) is 51.4 Å². The van der Waals surface area contributed by atoms with E-state index in [9.17, 15) is 0 Å². The Morgan fingerprint density at radius 2 is 2.22 bits per heavy atom. The van der Waals surface area contributed by atoms with Gasteiger partial charge in [0, 0.05) is 32.4 Å². The fraction of sp³-hybridized carbons (Fsp3) is 0.643. The summed E-state index contributed by atoms with van der Waals surface area (Å²) in [6.07, 6.45) is 2.79. The average molecular weight is 251 g/mol. The highest BCUT2D eigenvalue weighted by molar-refractivity contribution is 5.46. The van der Waals surface area contributed by atoms with Crippen LogP contribution in [0.3, 0.4) is 0 Å². The summed E-state index contributed by atoms with van der Waals surface area (Å²) >= 11 is 0. The smallest absolute Gasteiger partial charge is 0.131 e. The number of aromatic nitrogens is 1. The molecule has 0 aliphatic heterocycles. The predicted octanol–water partition coefficient (Wildman–Crippen LogP) is 1.75. The molecule has 0 spiro atoms. The van der Waals surface area contributed by atoms with Gasteiger partial charge in [-0.2, -0.15) is 0 Å². The van der Waals surface area contributed by atoms with E-state index in [0.29, 0.717) is 0 Å². The Hall–Kier alpha value is -1.13. The molecule has 0 fully saturated rings. The number of nitrogens with two attached hydrogens (primary N) is 1. The van der Waals surface area contributed by atoms with Crippen LogP contribution in [0.4, 0.5) is 5.82 Å². The molecule has 4 nitrogen and oxygen atoms in total. The molecule has 1 heterocycles. The fourth-order valence-corrected chi connectivity index (χ4v) is 1.96. The van der Waals surface area contributed by atoms with E-state index in [0.717, 1.165) is 32.0 Å². The summed E-state index contributed by atoms with van der Waals surface area (Å²) in [5, 5.41) is 0. The van der Waals surface area contributed by atoms with Gasteiger partial charge >= 0.3 is 0 Å². The Morgan fingerprint density at radius 3 is 2.78 bits per heavy atom. The molecule has 102 valence electrons. The third-order valence-corrected chi connectivity index (χ3v) is 2.80. The molecule has 0 aromatic carbocycles. The predicted molar refractivity (Wildman–Crippen MR) is 76.1 cm³/mol. The van der Waals surface area contributed by atoms with Crippen LogP contribution in [0.1, 0.15) is 25.0 Å². The lowest BCUT2D eigenvalue weighted by molar-refractivity contribution is 0.154. The van der Waals surface area contributed by atoms with E-state index >= 15 is 0 Å². The third kappa shape index (κ3) is 4.63. The molecule has 0 saturated heterocycles. The number of rotatable bonds is 7. The summed E-state index contributed by atoms with van der Waals surface area (Å²) in [5.74, 6) is 1.02. The SMILES string of the molecule is CCOCCN(C)c1ncc(CC(C)N)cc1C. The first-order valence-electron chi connectivity index (χ1n) is 6.54. The van der Waals surface area contributed by atoms with Gasteiger partial charge < -0.3 is 15.4 Å². The van der Waals surface area contributed by atoms with Crippen LogP contribution in [0, 0.1) is 6.92 Å². The Bertz CT molecular complexity index is 366. The number of pyridine rings is 1. The average Bonchev–Trinajstić information content (AvgIpc) is 2.28. The van der Waals surface area contributed by atoms with Gasteiger partial charge in [-0.05, 0) is 38.3 Å². The van der Waals surface area contributed by atoms with Crippen molar-refractivity contribution in [3.63, 3.8) is 0 Å². The Kier molecular flexibility index (Phi) is 6.09. The lowest BCUT2D eigenvalue weighted by Crippen LogP contribution is -2.24. The normalized spacial score (nSPS) is 12.5. The first-order valence-corrected chi connectivity index (χ1v) is 6.54. The minimum atomic E-state index is 0.174. The number of aryl methyl sites for hydroxylation is 1. The van der Waals surface area contributed by atoms with E-state index in [1.54, 1.807) is 0 Å². The zero-order chi connectivity index (χ0) is 13.5. The van der Waals surface area contributed by atoms with E-state index < -0.39 is 0 Å². The molecular weight excluding hydrogens is 226 g/mol. The molecule has 0 radical (unpaired) electrons. The van der Waals surface area contributed by atoms with Crippen molar-refractivity contribution in [3.05, 3.63) is 23.4 Å². The maximum atomic E-state index is 5.80. The van der Waals surface area contributed by atoms with Gasteiger partial charge in [0.25, 0.3) is 0 Å². The van der Waals surface area contributed by atoms with E-state index in [1.165, 1.54) is 11.1 Å². The Labute approximate surface area is 110 Å². The molecular formula is C14H25N3O. The molecule has 0 amide bonds. The van der Waals surface area contributed by atoms with E-state index in [2.05, 4.69) is 22.9 Å². The molecule has 18 heavy (non-hydrogen) atoms. The van der Waals surface area contributed by atoms with Gasteiger partial charge in [-0.25, -0.2) is 4.98 Å². The van der Waals surface area contributed by atoms with Crippen LogP contribution >= 0.6 is 0 Å². The molecule has 2 N–H and O–H groups in total. The summed E-state index contributed by atoms with van der Waals surface area (Å²) in [4.78, 5) is 6.65. The van der Waals surface area contributed by atoms with Gasteiger partial charge in [0.15, 0.2) is 0 Å². The van der Waals surface area contributed by atoms with Gasteiger partial charge in [-0.3, -0.25) is 0 Å². The highest BCUT2D eigenvalue weighted by Gasteiger charge is 2.08. The van der Waals surface area contributed by atoms with Crippen LogP contribution in [0.15, 0.2) is 12.3 Å². The van der Waals surface area contributed by atoms with E-state index in [4.69, 9.17) is 10.5 Å². The Balaban J connectivity index is 2.66. The van der Waals surface area contributed by atoms with Crippen molar-refractivity contribution < 1.29 is 4.74 Å². The highest BCUT2D eigenvalue weighted by atomic mass is 16.5. The fourth-order valence-electron chi connectivity index (χ4n) is 1.96. The van der Waals surface area contributed by atoms with Crippen molar-refractivity contribution in [1.82, 2.24) is 4.98 Å². The molecule has 4 heteroatoms. The van der Waals surface area contributed by atoms with E-state index in [1.807, 2.05) is 27.1 Å². The lowest BCUT2D eigenvalue weighted by atomic mass is 10.1. The second-order valence-electron chi connectivity index (χ2n) is 4.78. The molecule has 0 bridgehead atoms.